The van der Waals surface area contributed by atoms with Crippen LogP contribution in [0.3, 0.4) is 0 Å². The van der Waals surface area contributed by atoms with Gasteiger partial charge in [0, 0.05) is 11.4 Å². The van der Waals surface area contributed by atoms with Gasteiger partial charge in [-0.1, -0.05) is 11.3 Å². The Bertz CT molecular complexity index is 588. The van der Waals surface area contributed by atoms with E-state index in [4.69, 9.17) is 0 Å². The van der Waals surface area contributed by atoms with Crippen molar-refractivity contribution in [3.63, 3.8) is 0 Å². The predicted molar refractivity (Wildman–Crippen MR) is 81.3 cm³/mol. The topological polar surface area (TPSA) is 36.4 Å². The summed E-state index contributed by atoms with van der Waals surface area (Å²) in [6, 6.07) is 2.61. The minimum atomic E-state index is -0.428. The number of aryl methyl sites for hydroxylation is 1. The maximum Gasteiger partial charge on any atom is 0.186 e. The molecule has 3 heterocycles. The molecule has 2 aromatic rings. The average Bonchev–Trinajstić information content (AvgIpc) is 2.96. The van der Waals surface area contributed by atoms with Crippen molar-refractivity contribution < 1.29 is 5.11 Å². The number of rotatable bonds is 2. The van der Waals surface area contributed by atoms with E-state index < -0.39 is 6.10 Å². The van der Waals surface area contributed by atoms with Gasteiger partial charge < -0.3 is 10.0 Å². The molecule has 0 saturated carbocycles. The summed E-state index contributed by atoms with van der Waals surface area (Å²) < 4.78 is 0. The van der Waals surface area contributed by atoms with Crippen LogP contribution in [-0.4, -0.2) is 16.6 Å². The molecule has 5 heteroatoms. The van der Waals surface area contributed by atoms with E-state index in [0.29, 0.717) is 6.04 Å². The zero-order chi connectivity index (χ0) is 13.6. The van der Waals surface area contributed by atoms with Gasteiger partial charge in [0.15, 0.2) is 5.13 Å². The minimum Gasteiger partial charge on any atom is -0.388 e. The summed E-state index contributed by atoms with van der Waals surface area (Å²) in [6.45, 7) is 7.04. The van der Waals surface area contributed by atoms with Crippen LogP contribution in [0.15, 0.2) is 11.4 Å². The number of aliphatic hydroxyl groups excluding tert-OH is 1. The highest BCUT2D eigenvalue weighted by Crippen LogP contribution is 2.39. The van der Waals surface area contributed by atoms with E-state index >= 15 is 0 Å². The predicted octanol–water partition coefficient (Wildman–Crippen LogP) is 3.69. The van der Waals surface area contributed by atoms with Crippen molar-refractivity contribution >= 4 is 27.8 Å². The number of hydrogen-bond donors (Lipinski definition) is 1. The van der Waals surface area contributed by atoms with Gasteiger partial charge in [-0.2, -0.15) is 0 Å². The lowest BCUT2D eigenvalue weighted by Crippen LogP contribution is -2.32. The molecule has 0 spiro atoms. The zero-order valence-electron chi connectivity index (χ0n) is 11.4. The van der Waals surface area contributed by atoms with Crippen molar-refractivity contribution in [2.75, 3.05) is 11.4 Å². The second-order valence-corrected chi connectivity index (χ2v) is 7.05. The number of thiophene rings is 1. The molecule has 1 aliphatic heterocycles. The lowest BCUT2D eigenvalue weighted by atomic mass is 10.0. The first kappa shape index (κ1) is 13.1. The summed E-state index contributed by atoms with van der Waals surface area (Å²) in [5.41, 5.74) is 2.39. The van der Waals surface area contributed by atoms with Crippen LogP contribution in [0.25, 0.3) is 0 Å². The van der Waals surface area contributed by atoms with Crippen LogP contribution in [0.5, 0.6) is 0 Å². The third-order valence-corrected chi connectivity index (χ3v) is 6.08. The SMILES string of the molecule is Cc1nc(N2CCc3sccc3C2C)sc1C(C)O. The maximum absolute atomic E-state index is 9.76. The summed E-state index contributed by atoms with van der Waals surface area (Å²) >= 11 is 3.48. The quantitative estimate of drug-likeness (QED) is 0.917. The number of nitrogens with zero attached hydrogens (tertiary/aromatic N) is 2. The highest BCUT2D eigenvalue weighted by Gasteiger charge is 2.27. The van der Waals surface area contributed by atoms with Crippen LogP contribution in [0.4, 0.5) is 5.13 Å². The molecular weight excluding hydrogens is 276 g/mol. The molecule has 1 N–H and O–H groups in total. The molecule has 3 rings (SSSR count). The normalized spacial score (nSPS) is 20.4. The molecule has 2 atom stereocenters. The van der Waals surface area contributed by atoms with Gasteiger partial charge in [0.25, 0.3) is 0 Å². The minimum absolute atomic E-state index is 0.377. The summed E-state index contributed by atoms with van der Waals surface area (Å²) in [4.78, 5) is 9.50. The van der Waals surface area contributed by atoms with Gasteiger partial charge in [0.05, 0.1) is 22.7 Å². The monoisotopic (exact) mass is 294 g/mol. The van der Waals surface area contributed by atoms with Gasteiger partial charge >= 0.3 is 0 Å². The Morgan fingerprint density at radius 2 is 2.32 bits per heavy atom. The Balaban J connectivity index is 1.94. The van der Waals surface area contributed by atoms with Gasteiger partial charge in [-0.15, -0.1) is 11.3 Å². The van der Waals surface area contributed by atoms with Crippen molar-refractivity contribution in [3.05, 3.63) is 32.5 Å². The zero-order valence-corrected chi connectivity index (χ0v) is 13.0. The standard InChI is InChI=1S/C14H18N2OS2/c1-8-13(10(3)17)19-14(15-8)16-6-4-12-11(9(16)2)5-7-18-12/h5,7,9-10,17H,4,6H2,1-3H3. The van der Waals surface area contributed by atoms with E-state index in [0.717, 1.165) is 28.7 Å². The third kappa shape index (κ3) is 2.20. The highest BCUT2D eigenvalue weighted by molar-refractivity contribution is 7.15. The number of aliphatic hydroxyl groups is 1. The highest BCUT2D eigenvalue weighted by atomic mass is 32.1. The molecule has 102 valence electrons. The van der Waals surface area contributed by atoms with Crippen LogP contribution in [-0.2, 0) is 6.42 Å². The fraction of sp³-hybridized carbons (Fsp3) is 0.500. The molecule has 0 aromatic carbocycles. The van der Waals surface area contributed by atoms with Gasteiger partial charge in [-0.25, -0.2) is 4.98 Å². The Kier molecular flexibility index (Phi) is 3.37. The van der Waals surface area contributed by atoms with E-state index in [-0.39, 0.29) is 0 Å². The Morgan fingerprint density at radius 3 is 3.00 bits per heavy atom. The van der Waals surface area contributed by atoms with Gasteiger partial charge in [-0.05, 0) is 44.2 Å². The van der Waals surface area contributed by atoms with Gasteiger partial charge in [-0.3, -0.25) is 0 Å². The van der Waals surface area contributed by atoms with Crippen molar-refractivity contribution in [2.24, 2.45) is 0 Å². The van der Waals surface area contributed by atoms with Crippen LogP contribution in [0.2, 0.25) is 0 Å². The fourth-order valence-corrected chi connectivity index (χ4v) is 4.75. The van der Waals surface area contributed by atoms with Crippen molar-refractivity contribution in [1.29, 1.82) is 0 Å². The number of fused-ring (bicyclic) bond motifs is 1. The first-order valence-electron chi connectivity index (χ1n) is 6.56. The molecular formula is C14H18N2OS2. The first-order chi connectivity index (χ1) is 9.08. The summed E-state index contributed by atoms with van der Waals surface area (Å²) in [5.74, 6) is 0. The molecule has 0 bridgehead atoms. The van der Waals surface area contributed by atoms with E-state index in [1.165, 1.54) is 10.4 Å². The molecule has 0 radical (unpaired) electrons. The second kappa shape index (κ2) is 4.89. The molecule has 0 aliphatic carbocycles. The summed E-state index contributed by atoms with van der Waals surface area (Å²) in [7, 11) is 0. The van der Waals surface area contributed by atoms with E-state index in [1.54, 1.807) is 18.3 Å². The molecule has 2 aromatic heterocycles. The van der Waals surface area contributed by atoms with Gasteiger partial charge in [0.1, 0.15) is 0 Å². The number of anilines is 1. The summed E-state index contributed by atoms with van der Waals surface area (Å²) in [5, 5.41) is 13.0. The van der Waals surface area contributed by atoms with Crippen LogP contribution in [0.1, 0.15) is 47.0 Å². The number of hydrogen-bond acceptors (Lipinski definition) is 5. The lowest BCUT2D eigenvalue weighted by molar-refractivity contribution is 0.202. The van der Waals surface area contributed by atoms with Crippen molar-refractivity contribution in [3.8, 4) is 0 Å². The van der Waals surface area contributed by atoms with E-state index in [2.05, 4.69) is 28.3 Å². The van der Waals surface area contributed by atoms with Crippen molar-refractivity contribution in [1.82, 2.24) is 4.98 Å². The van der Waals surface area contributed by atoms with Crippen LogP contribution < -0.4 is 4.90 Å². The first-order valence-corrected chi connectivity index (χ1v) is 8.26. The Morgan fingerprint density at radius 1 is 1.53 bits per heavy atom. The summed E-state index contributed by atoms with van der Waals surface area (Å²) in [6.07, 6.45) is 0.669. The van der Waals surface area contributed by atoms with E-state index in [1.807, 2.05) is 18.3 Å². The number of thiazole rings is 1. The Labute approximate surface area is 121 Å². The average molecular weight is 294 g/mol. The lowest BCUT2D eigenvalue weighted by Gasteiger charge is -2.33. The molecule has 3 nitrogen and oxygen atoms in total. The smallest absolute Gasteiger partial charge is 0.186 e. The molecule has 0 saturated heterocycles. The molecule has 2 unspecified atom stereocenters. The third-order valence-electron chi connectivity index (χ3n) is 3.72. The van der Waals surface area contributed by atoms with Crippen LogP contribution >= 0.6 is 22.7 Å². The maximum atomic E-state index is 9.76. The largest absolute Gasteiger partial charge is 0.388 e. The molecule has 19 heavy (non-hydrogen) atoms. The molecule has 0 amide bonds. The Hall–Kier alpha value is -0.910. The molecule has 0 fully saturated rings. The van der Waals surface area contributed by atoms with Crippen molar-refractivity contribution in [2.45, 2.75) is 39.3 Å². The van der Waals surface area contributed by atoms with Gasteiger partial charge in [0.2, 0.25) is 0 Å². The number of aromatic nitrogens is 1. The van der Waals surface area contributed by atoms with Crippen LogP contribution in [0, 0.1) is 6.92 Å². The van der Waals surface area contributed by atoms with E-state index in [9.17, 15) is 5.11 Å². The fourth-order valence-electron chi connectivity index (χ4n) is 2.67. The second-order valence-electron chi connectivity index (χ2n) is 5.04. The molecule has 1 aliphatic rings.